The molecule has 50 valence electrons. The molecule has 0 rings (SSSR count). The van der Waals surface area contributed by atoms with E-state index in [0.29, 0.717) is 0 Å². The van der Waals surface area contributed by atoms with Crippen LogP contribution in [0.1, 0.15) is 40.0 Å². The molecular weight excluding hydrogens is 98.1 g/mol. The smallest absolute Gasteiger partial charge is 0.0573 e. The predicted octanol–water partition coefficient (Wildman–Crippen LogP) is 3.01. The van der Waals surface area contributed by atoms with Crippen LogP contribution in [0.15, 0.2) is 0 Å². The molecule has 1 unspecified atom stereocenters. The monoisotopic (exact) mass is 114 g/mol. The van der Waals surface area contributed by atoms with E-state index in [1.807, 2.05) is 6.92 Å². The molecule has 0 bridgehead atoms. The van der Waals surface area contributed by atoms with Gasteiger partial charge in [-0.3, -0.25) is 0 Å². The minimum atomic E-state index is -0.158. The van der Waals surface area contributed by atoms with E-state index in [9.17, 15) is 0 Å². The normalized spacial score (nSPS) is 18.0. The van der Waals surface area contributed by atoms with E-state index in [-0.39, 0.29) is 5.54 Å². The Balaban J connectivity index is 3.37. The third-order valence-corrected chi connectivity index (χ3v) is 1.58. The minimum Gasteiger partial charge on any atom is -0.672 e. The Labute approximate surface area is 52.3 Å². The Kier molecular flexibility index (Phi) is 3.06. The van der Waals surface area contributed by atoms with E-state index in [0.717, 1.165) is 19.3 Å². The number of nitrogens with one attached hydrogen (secondary N) is 1. The van der Waals surface area contributed by atoms with E-state index in [1.165, 1.54) is 0 Å². The van der Waals surface area contributed by atoms with Crippen molar-refractivity contribution in [3.8, 4) is 0 Å². The third-order valence-electron chi connectivity index (χ3n) is 1.58. The third kappa shape index (κ3) is 3.03. The molecule has 0 aromatic carbocycles. The summed E-state index contributed by atoms with van der Waals surface area (Å²) < 4.78 is 0. The van der Waals surface area contributed by atoms with Crippen molar-refractivity contribution in [1.29, 1.82) is 0 Å². The number of rotatable bonds is 3. The summed E-state index contributed by atoms with van der Waals surface area (Å²) in [5, 5.41) is 0. The number of hydrogen-bond acceptors (Lipinski definition) is 0. The summed E-state index contributed by atoms with van der Waals surface area (Å²) in [6, 6.07) is 0. The van der Waals surface area contributed by atoms with Gasteiger partial charge in [-0.1, -0.05) is 40.0 Å². The molecule has 0 radical (unpaired) electrons. The van der Waals surface area contributed by atoms with E-state index >= 15 is 0 Å². The van der Waals surface area contributed by atoms with E-state index < -0.39 is 0 Å². The van der Waals surface area contributed by atoms with Crippen LogP contribution in [0.4, 0.5) is 0 Å². The van der Waals surface area contributed by atoms with Crippen LogP contribution in [0, 0.1) is 0 Å². The van der Waals surface area contributed by atoms with Crippen molar-refractivity contribution in [3.05, 3.63) is 5.73 Å². The van der Waals surface area contributed by atoms with Gasteiger partial charge in [0.2, 0.25) is 0 Å². The highest BCUT2D eigenvalue weighted by molar-refractivity contribution is 4.87. The maximum atomic E-state index is 7.57. The summed E-state index contributed by atoms with van der Waals surface area (Å²) >= 11 is 0. The van der Waals surface area contributed by atoms with Gasteiger partial charge in [0.15, 0.2) is 0 Å². The van der Waals surface area contributed by atoms with Crippen molar-refractivity contribution in [2.24, 2.45) is 0 Å². The summed E-state index contributed by atoms with van der Waals surface area (Å²) in [4.78, 5) is 0. The largest absolute Gasteiger partial charge is 0.672 e. The fourth-order valence-electron chi connectivity index (χ4n) is 0.729. The van der Waals surface area contributed by atoms with Gasteiger partial charge in [0.25, 0.3) is 0 Å². The van der Waals surface area contributed by atoms with Gasteiger partial charge >= 0.3 is 0 Å². The van der Waals surface area contributed by atoms with Crippen molar-refractivity contribution >= 4 is 0 Å². The fourth-order valence-corrected chi connectivity index (χ4v) is 0.729. The van der Waals surface area contributed by atoms with Gasteiger partial charge < -0.3 is 5.73 Å². The minimum absolute atomic E-state index is 0.158. The molecule has 0 aliphatic carbocycles. The quantitative estimate of drug-likeness (QED) is 0.538. The van der Waals surface area contributed by atoms with Crippen LogP contribution in [0.2, 0.25) is 0 Å². The first-order valence-electron chi connectivity index (χ1n) is 3.37. The van der Waals surface area contributed by atoms with Gasteiger partial charge in [-0.05, 0) is 0 Å². The Morgan fingerprint density at radius 2 is 1.88 bits per heavy atom. The molecule has 0 aromatic rings. The van der Waals surface area contributed by atoms with Crippen LogP contribution in [0.5, 0.6) is 0 Å². The zero-order chi connectivity index (χ0) is 6.62. The second kappa shape index (κ2) is 3.08. The van der Waals surface area contributed by atoms with Crippen LogP contribution in [0.25, 0.3) is 5.73 Å². The molecule has 0 aliphatic heterocycles. The molecule has 0 aromatic heterocycles. The van der Waals surface area contributed by atoms with Crippen molar-refractivity contribution in [2.75, 3.05) is 0 Å². The molecule has 0 heterocycles. The number of hydrogen-bond donors (Lipinski definition) is 0. The molecule has 0 aliphatic rings. The summed E-state index contributed by atoms with van der Waals surface area (Å²) in [5.74, 6) is 0. The molecule has 1 atom stereocenters. The Bertz CT molecular complexity index is 57.4. The zero-order valence-electron chi connectivity index (χ0n) is 6.12. The van der Waals surface area contributed by atoms with Crippen LogP contribution >= 0.6 is 0 Å². The topological polar surface area (TPSA) is 23.8 Å². The van der Waals surface area contributed by atoms with Gasteiger partial charge in [0.1, 0.15) is 0 Å². The lowest BCUT2D eigenvalue weighted by atomic mass is 9.95. The lowest BCUT2D eigenvalue weighted by Crippen LogP contribution is -2.15. The molecular formula is C7H16N-. The van der Waals surface area contributed by atoms with Gasteiger partial charge in [-0.2, -0.15) is 0 Å². The van der Waals surface area contributed by atoms with Crippen LogP contribution in [0.3, 0.4) is 0 Å². The average Bonchev–Trinajstić information content (AvgIpc) is 1.67. The van der Waals surface area contributed by atoms with Crippen LogP contribution < -0.4 is 0 Å². The standard InChI is InChI=1S/C7H16N/c1-4-6-7(3,8)5-2/h8H,4-6H2,1-3H3/q-1. The highest BCUT2D eigenvalue weighted by atomic mass is 14.7. The summed E-state index contributed by atoms with van der Waals surface area (Å²) in [6.07, 6.45) is 3.14. The predicted molar refractivity (Wildman–Crippen MR) is 37.9 cm³/mol. The summed E-state index contributed by atoms with van der Waals surface area (Å²) in [6.45, 7) is 6.20. The second-order valence-electron chi connectivity index (χ2n) is 2.66. The highest BCUT2D eigenvalue weighted by Gasteiger charge is 2.02. The molecule has 8 heavy (non-hydrogen) atoms. The Hall–Kier alpha value is -0.0400. The molecule has 0 saturated heterocycles. The summed E-state index contributed by atoms with van der Waals surface area (Å²) in [5.41, 5.74) is 7.42. The van der Waals surface area contributed by atoms with Gasteiger partial charge in [-0.25, -0.2) is 0 Å². The van der Waals surface area contributed by atoms with Gasteiger partial charge in [0.05, 0.1) is 0 Å². The highest BCUT2D eigenvalue weighted by Crippen LogP contribution is 2.18. The van der Waals surface area contributed by atoms with E-state index in [4.69, 9.17) is 5.73 Å². The van der Waals surface area contributed by atoms with Crippen molar-refractivity contribution < 1.29 is 0 Å². The first kappa shape index (κ1) is 7.96. The second-order valence-corrected chi connectivity index (χ2v) is 2.66. The molecule has 1 nitrogen and oxygen atoms in total. The Morgan fingerprint density at radius 3 is 2.00 bits per heavy atom. The maximum absolute atomic E-state index is 7.57. The molecule has 0 saturated carbocycles. The molecule has 0 spiro atoms. The van der Waals surface area contributed by atoms with E-state index in [1.54, 1.807) is 0 Å². The van der Waals surface area contributed by atoms with Gasteiger partial charge in [0, 0.05) is 0 Å². The van der Waals surface area contributed by atoms with Gasteiger partial charge in [-0.15, -0.1) is 5.54 Å². The average molecular weight is 114 g/mol. The lowest BCUT2D eigenvalue weighted by molar-refractivity contribution is 0.490. The maximum Gasteiger partial charge on any atom is -0.0573 e. The van der Waals surface area contributed by atoms with Crippen molar-refractivity contribution in [3.63, 3.8) is 0 Å². The van der Waals surface area contributed by atoms with Crippen LogP contribution in [-0.2, 0) is 0 Å². The zero-order valence-corrected chi connectivity index (χ0v) is 6.12. The molecule has 0 fully saturated rings. The Morgan fingerprint density at radius 1 is 1.38 bits per heavy atom. The SMILES string of the molecule is CCCC(C)([NH-])CC. The van der Waals surface area contributed by atoms with Crippen molar-refractivity contribution in [1.82, 2.24) is 0 Å². The first-order chi connectivity index (χ1) is 3.62. The molecule has 0 amide bonds. The van der Waals surface area contributed by atoms with Crippen LogP contribution in [-0.4, -0.2) is 5.54 Å². The summed E-state index contributed by atoms with van der Waals surface area (Å²) in [7, 11) is 0. The first-order valence-corrected chi connectivity index (χ1v) is 3.37. The van der Waals surface area contributed by atoms with Crippen molar-refractivity contribution in [2.45, 2.75) is 45.6 Å². The van der Waals surface area contributed by atoms with E-state index in [2.05, 4.69) is 13.8 Å². The molecule has 1 heteroatoms. The lowest BCUT2D eigenvalue weighted by Gasteiger charge is -2.32. The fraction of sp³-hybridized carbons (Fsp3) is 1.00. The molecule has 1 N–H and O–H groups in total.